The van der Waals surface area contributed by atoms with Crippen LogP contribution in [0.2, 0.25) is 0 Å². The molecule has 5 amide bonds. The number of amides is 5. The lowest BCUT2D eigenvalue weighted by Crippen LogP contribution is -2.38. The summed E-state index contributed by atoms with van der Waals surface area (Å²) in [7, 11) is 0. The Morgan fingerprint density at radius 2 is 1.00 bits per heavy atom. The van der Waals surface area contributed by atoms with Crippen LogP contribution in [0.15, 0.2) is 0 Å². The topological polar surface area (TPSA) is 185 Å². The number of imide groups is 2. The van der Waals surface area contributed by atoms with Gasteiger partial charge in [-0.3, -0.25) is 24.0 Å². The fraction of sp³-hybridized carbons (Fsp3) is 0.654. The monoisotopic (exact) mass is 597 g/mol. The first-order valence-corrected chi connectivity index (χ1v) is 13.4. The Morgan fingerprint density at radius 1 is 0.619 bits per heavy atom. The van der Waals surface area contributed by atoms with Crippen LogP contribution in [0.4, 0.5) is 0 Å². The van der Waals surface area contributed by atoms with Gasteiger partial charge in [0.05, 0.1) is 65.5 Å². The molecule has 2 fully saturated rings. The standard InChI is InChI=1S/C26H35N3O13/c1-2-12-37-14-16-39-18-19-40-17-15-38-13-9-20(30)27(10-7-25(35)41-28-21(31)3-4-22(28)32)11-8-26(36)42-29-23(33)5-6-24(29)34/h1H,3-19H2. The maximum Gasteiger partial charge on any atom is 0.334 e. The van der Waals surface area contributed by atoms with E-state index in [0.717, 1.165) is 0 Å². The molecule has 2 aliphatic rings. The number of hydroxylamine groups is 4. The van der Waals surface area contributed by atoms with Crippen molar-refractivity contribution < 1.29 is 62.2 Å². The minimum Gasteiger partial charge on any atom is -0.379 e. The van der Waals surface area contributed by atoms with E-state index in [1.54, 1.807) is 0 Å². The quantitative estimate of drug-likeness (QED) is 0.0883. The lowest BCUT2D eigenvalue weighted by atomic mass is 10.3. The van der Waals surface area contributed by atoms with Crippen LogP contribution in [-0.2, 0) is 62.2 Å². The third-order valence-electron chi connectivity index (χ3n) is 5.68. The van der Waals surface area contributed by atoms with Gasteiger partial charge in [0.2, 0.25) is 5.91 Å². The summed E-state index contributed by atoms with van der Waals surface area (Å²) in [6, 6.07) is 0. The summed E-state index contributed by atoms with van der Waals surface area (Å²) in [5.41, 5.74) is 0. The van der Waals surface area contributed by atoms with Gasteiger partial charge in [-0.05, 0) is 0 Å². The SMILES string of the molecule is C#CCOCCOCCOCCOCCC(=O)N(CCC(=O)ON1C(=O)CCC1=O)CCC(=O)ON1C(=O)CCC1=O. The van der Waals surface area contributed by atoms with Crippen LogP contribution < -0.4 is 0 Å². The zero-order valence-electron chi connectivity index (χ0n) is 23.2. The average Bonchev–Trinajstić information content (AvgIpc) is 3.45. The second-order valence-corrected chi connectivity index (χ2v) is 8.81. The zero-order valence-corrected chi connectivity index (χ0v) is 23.2. The molecule has 0 unspecified atom stereocenters. The van der Waals surface area contributed by atoms with Crippen molar-refractivity contribution in [1.82, 2.24) is 15.0 Å². The molecule has 0 saturated carbocycles. The summed E-state index contributed by atoms with van der Waals surface area (Å²) >= 11 is 0. The number of nitrogens with zero attached hydrogens (tertiary/aromatic N) is 3. The molecular weight excluding hydrogens is 562 g/mol. The maximum absolute atomic E-state index is 12.8. The molecule has 0 aliphatic carbocycles. The van der Waals surface area contributed by atoms with Gasteiger partial charge in [-0.2, -0.15) is 0 Å². The first kappa shape index (κ1) is 34.3. The number of hydrogen-bond donors (Lipinski definition) is 0. The molecule has 0 aromatic carbocycles. The molecule has 232 valence electrons. The first-order chi connectivity index (χ1) is 20.2. The normalized spacial score (nSPS) is 14.8. The molecule has 0 spiro atoms. The molecule has 16 nitrogen and oxygen atoms in total. The van der Waals surface area contributed by atoms with Crippen molar-refractivity contribution in [3.63, 3.8) is 0 Å². The predicted molar refractivity (Wildman–Crippen MR) is 137 cm³/mol. The smallest absolute Gasteiger partial charge is 0.334 e. The second-order valence-electron chi connectivity index (χ2n) is 8.81. The molecule has 2 rings (SSSR count). The Bertz CT molecular complexity index is 939. The summed E-state index contributed by atoms with van der Waals surface area (Å²) in [6.07, 6.45) is 3.93. The Kier molecular flexibility index (Phi) is 15.7. The highest BCUT2D eigenvalue weighted by molar-refractivity contribution is 6.02. The molecule has 0 atom stereocenters. The molecule has 0 aromatic rings. The number of terminal acetylenes is 1. The van der Waals surface area contributed by atoms with Crippen LogP contribution in [0.3, 0.4) is 0 Å². The lowest BCUT2D eigenvalue weighted by molar-refractivity contribution is -0.198. The highest BCUT2D eigenvalue weighted by Crippen LogP contribution is 2.14. The Morgan fingerprint density at radius 3 is 1.40 bits per heavy atom. The molecule has 2 saturated heterocycles. The maximum atomic E-state index is 12.8. The van der Waals surface area contributed by atoms with Crippen LogP contribution in [-0.4, -0.2) is 122 Å². The minimum absolute atomic E-state index is 0.0180. The highest BCUT2D eigenvalue weighted by atomic mass is 16.7. The molecule has 42 heavy (non-hydrogen) atoms. The van der Waals surface area contributed by atoms with Gasteiger partial charge in [-0.1, -0.05) is 5.92 Å². The van der Waals surface area contributed by atoms with Gasteiger partial charge in [0.25, 0.3) is 23.6 Å². The van der Waals surface area contributed by atoms with Gasteiger partial charge in [0, 0.05) is 38.8 Å². The van der Waals surface area contributed by atoms with E-state index in [0.29, 0.717) is 36.6 Å². The van der Waals surface area contributed by atoms with E-state index in [4.69, 9.17) is 35.0 Å². The van der Waals surface area contributed by atoms with Gasteiger partial charge >= 0.3 is 11.9 Å². The average molecular weight is 598 g/mol. The number of hydrogen-bond acceptors (Lipinski definition) is 13. The van der Waals surface area contributed by atoms with Gasteiger partial charge in [-0.15, -0.1) is 16.5 Å². The summed E-state index contributed by atoms with van der Waals surface area (Å²) in [5.74, 6) is -2.56. The Balaban J connectivity index is 1.72. The van der Waals surface area contributed by atoms with Crippen LogP contribution in [0.1, 0.15) is 44.9 Å². The van der Waals surface area contributed by atoms with Gasteiger partial charge in [-0.25, -0.2) is 9.59 Å². The van der Waals surface area contributed by atoms with Crippen molar-refractivity contribution in [3.05, 3.63) is 0 Å². The number of carbonyl (C=O) groups excluding carboxylic acids is 7. The third-order valence-corrected chi connectivity index (χ3v) is 5.68. The Labute approximate surface area is 242 Å². The molecule has 0 bridgehead atoms. The fourth-order valence-corrected chi connectivity index (χ4v) is 3.53. The Hall–Kier alpha value is -3.91. The van der Waals surface area contributed by atoms with E-state index in [1.165, 1.54) is 4.90 Å². The zero-order chi connectivity index (χ0) is 30.7. The van der Waals surface area contributed by atoms with Crippen LogP contribution >= 0.6 is 0 Å². The first-order valence-electron chi connectivity index (χ1n) is 13.4. The van der Waals surface area contributed by atoms with Crippen molar-refractivity contribution in [1.29, 1.82) is 0 Å². The number of ether oxygens (including phenoxy) is 4. The van der Waals surface area contributed by atoms with Crippen molar-refractivity contribution >= 4 is 41.5 Å². The molecule has 0 radical (unpaired) electrons. The van der Waals surface area contributed by atoms with E-state index in [-0.39, 0.29) is 84.5 Å². The van der Waals surface area contributed by atoms with Crippen molar-refractivity contribution in [2.75, 3.05) is 65.9 Å². The second kappa shape index (κ2) is 19.3. The third kappa shape index (κ3) is 12.7. The summed E-state index contributed by atoms with van der Waals surface area (Å²) < 4.78 is 21.1. The van der Waals surface area contributed by atoms with E-state index >= 15 is 0 Å². The van der Waals surface area contributed by atoms with Crippen LogP contribution in [0.25, 0.3) is 0 Å². The van der Waals surface area contributed by atoms with Gasteiger partial charge in [0.15, 0.2) is 0 Å². The molecule has 0 aromatic heterocycles. The summed E-state index contributed by atoms with van der Waals surface area (Å²) in [5, 5.41) is 0.793. The molecule has 16 heteroatoms. The summed E-state index contributed by atoms with van der Waals surface area (Å²) in [6.45, 7) is 1.75. The fourth-order valence-electron chi connectivity index (χ4n) is 3.53. The van der Waals surface area contributed by atoms with Crippen LogP contribution in [0, 0.1) is 12.3 Å². The van der Waals surface area contributed by atoms with Crippen molar-refractivity contribution in [3.8, 4) is 12.3 Å². The van der Waals surface area contributed by atoms with E-state index < -0.39 is 41.5 Å². The number of rotatable bonds is 21. The molecular formula is C26H35N3O13. The van der Waals surface area contributed by atoms with E-state index in [1.807, 2.05) is 0 Å². The molecule has 0 N–H and O–H groups in total. The highest BCUT2D eigenvalue weighted by Gasteiger charge is 2.34. The van der Waals surface area contributed by atoms with E-state index in [2.05, 4.69) is 5.92 Å². The minimum atomic E-state index is -0.926. The predicted octanol–water partition coefficient (Wildman–Crippen LogP) is -1.10. The lowest BCUT2D eigenvalue weighted by Gasteiger charge is -2.23. The van der Waals surface area contributed by atoms with Gasteiger partial charge < -0.3 is 33.5 Å². The summed E-state index contributed by atoms with van der Waals surface area (Å²) in [4.78, 5) is 94.6. The van der Waals surface area contributed by atoms with Crippen molar-refractivity contribution in [2.24, 2.45) is 0 Å². The largest absolute Gasteiger partial charge is 0.379 e. The molecule has 2 aliphatic heterocycles. The van der Waals surface area contributed by atoms with Crippen LogP contribution in [0.5, 0.6) is 0 Å². The van der Waals surface area contributed by atoms with Gasteiger partial charge in [0.1, 0.15) is 6.61 Å². The van der Waals surface area contributed by atoms with E-state index in [9.17, 15) is 33.6 Å². The number of carbonyl (C=O) groups is 7. The molecule has 2 heterocycles. The van der Waals surface area contributed by atoms with Crippen molar-refractivity contribution in [2.45, 2.75) is 44.9 Å².